The van der Waals surface area contributed by atoms with Gasteiger partial charge in [-0.25, -0.2) is 15.0 Å². The highest BCUT2D eigenvalue weighted by Gasteiger charge is 2.51. The Morgan fingerprint density at radius 1 is 0.250 bits per heavy atom. The van der Waals surface area contributed by atoms with Crippen molar-refractivity contribution in [3.63, 3.8) is 0 Å². The lowest BCUT2D eigenvalue weighted by atomic mass is 9.64. The van der Waals surface area contributed by atoms with E-state index in [0.29, 0.717) is 17.5 Å². The number of fused-ring (bicyclic) bond motifs is 9. The van der Waals surface area contributed by atoms with Crippen LogP contribution in [0.5, 0.6) is 0 Å². The largest absolute Gasteiger partial charge is 0.310 e. The molecule has 0 saturated carbocycles. The Kier molecular flexibility index (Phi) is 9.36. The number of hydrogen-bond acceptors (Lipinski definition) is 4. The zero-order chi connectivity index (χ0) is 45.0. The van der Waals surface area contributed by atoms with Crippen molar-refractivity contribution in [1.29, 1.82) is 0 Å². The molecule has 318 valence electrons. The van der Waals surface area contributed by atoms with Crippen LogP contribution in [0.2, 0.25) is 0 Å². The summed E-state index contributed by atoms with van der Waals surface area (Å²) < 4.78 is 0. The highest BCUT2D eigenvalue weighted by Crippen LogP contribution is 2.63. The summed E-state index contributed by atoms with van der Waals surface area (Å²) in [6.07, 6.45) is 0. The Bertz CT molecular complexity index is 3510. The van der Waals surface area contributed by atoms with E-state index in [1.807, 2.05) is 12.1 Å². The predicted molar refractivity (Wildman–Crippen MR) is 278 cm³/mol. The summed E-state index contributed by atoms with van der Waals surface area (Å²) >= 11 is 0. The van der Waals surface area contributed by atoms with Crippen LogP contribution in [0.1, 0.15) is 22.3 Å². The first-order valence-electron chi connectivity index (χ1n) is 23.2. The van der Waals surface area contributed by atoms with Crippen molar-refractivity contribution < 1.29 is 0 Å². The maximum atomic E-state index is 5.22. The van der Waals surface area contributed by atoms with Gasteiger partial charge in [0.2, 0.25) is 0 Å². The van der Waals surface area contributed by atoms with Gasteiger partial charge in [0.1, 0.15) is 0 Å². The van der Waals surface area contributed by atoms with Gasteiger partial charge in [0.25, 0.3) is 0 Å². The first-order valence-corrected chi connectivity index (χ1v) is 23.2. The van der Waals surface area contributed by atoms with Crippen LogP contribution < -0.4 is 4.90 Å². The van der Waals surface area contributed by atoms with Gasteiger partial charge in [-0.3, -0.25) is 0 Å². The Balaban J connectivity index is 0.972. The van der Waals surface area contributed by atoms with Crippen molar-refractivity contribution in [2.24, 2.45) is 0 Å². The van der Waals surface area contributed by atoms with E-state index < -0.39 is 5.41 Å². The molecule has 0 atom stereocenters. The Labute approximate surface area is 396 Å². The average molecular weight is 867 g/mol. The number of benzene rings is 10. The Hall–Kier alpha value is -8.99. The zero-order valence-corrected chi connectivity index (χ0v) is 37.0. The number of hydrogen-bond donors (Lipinski definition) is 0. The molecule has 0 amide bonds. The highest BCUT2D eigenvalue weighted by atomic mass is 15.2. The van der Waals surface area contributed by atoms with Crippen LogP contribution in [-0.2, 0) is 5.41 Å². The van der Waals surface area contributed by atoms with Crippen molar-refractivity contribution in [3.05, 3.63) is 277 Å². The minimum atomic E-state index is -0.553. The van der Waals surface area contributed by atoms with Crippen molar-refractivity contribution >= 4 is 17.1 Å². The summed E-state index contributed by atoms with van der Waals surface area (Å²) in [7, 11) is 0. The quantitative estimate of drug-likeness (QED) is 0.160. The second-order valence-corrected chi connectivity index (χ2v) is 17.5. The van der Waals surface area contributed by atoms with Gasteiger partial charge in [0.15, 0.2) is 17.5 Å². The number of anilines is 3. The second-order valence-electron chi connectivity index (χ2n) is 17.5. The van der Waals surface area contributed by atoms with E-state index in [9.17, 15) is 0 Å². The fourth-order valence-corrected chi connectivity index (χ4v) is 10.6. The van der Waals surface area contributed by atoms with Crippen LogP contribution in [0.25, 0.3) is 78.7 Å². The number of aromatic nitrogens is 3. The molecule has 4 nitrogen and oxygen atoms in total. The number of rotatable bonds is 7. The van der Waals surface area contributed by atoms with Gasteiger partial charge in [-0.2, -0.15) is 0 Å². The molecule has 10 aromatic carbocycles. The van der Waals surface area contributed by atoms with Crippen molar-refractivity contribution in [1.82, 2.24) is 15.0 Å². The van der Waals surface area contributed by atoms with Gasteiger partial charge in [-0.1, -0.05) is 218 Å². The van der Waals surface area contributed by atoms with E-state index in [4.69, 9.17) is 15.0 Å². The molecule has 1 aliphatic heterocycles. The molecule has 0 fully saturated rings. The monoisotopic (exact) mass is 866 g/mol. The number of nitrogens with zero attached hydrogens (tertiary/aromatic N) is 4. The standard InChI is InChI=1S/C64H42N4/c1-4-17-43(18-5-1)45-31-35-47(36-32-45)61-65-62(48-37-33-46(34-38-48)44-19-6-2-7-20-44)67-63(66-61)51-22-16-21-49(41-51)50-39-40-60-58(42-50)64(55-27-12-10-25-53(55)54-26-11-13-28-56(54)64)57-29-14-15-30-59(57)68(60)52-23-8-3-9-24-52/h1-42H. The maximum absolute atomic E-state index is 5.22. The third-order valence-corrected chi connectivity index (χ3v) is 13.7. The lowest BCUT2D eigenvalue weighted by Gasteiger charge is -2.45. The minimum absolute atomic E-state index is 0.553. The molecule has 0 bridgehead atoms. The molecule has 0 saturated heterocycles. The molecule has 2 heterocycles. The van der Waals surface area contributed by atoms with Gasteiger partial charge in [-0.15, -0.1) is 0 Å². The van der Waals surface area contributed by atoms with Crippen LogP contribution >= 0.6 is 0 Å². The van der Waals surface area contributed by atoms with Gasteiger partial charge >= 0.3 is 0 Å². The van der Waals surface area contributed by atoms with Crippen LogP contribution in [0.15, 0.2) is 255 Å². The molecule has 13 rings (SSSR count). The first kappa shape index (κ1) is 39.4. The first-order chi connectivity index (χ1) is 33.7. The maximum Gasteiger partial charge on any atom is 0.164 e. The third-order valence-electron chi connectivity index (χ3n) is 13.7. The molecular formula is C64H42N4. The summed E-state index contributed by atoms with van der Waals surface area (Å²) in [5, 5.41) is 0. The van der Waals surface area contributed by atoms with Crippen LogP contribution in [0, 0.1) is 0 Å². The average Bonchev–Trinajstić information content (AvgIpc) is 3.72. The normalized spacial score (nSPS) is 12.8. The minimum Gasteiger partial charge on any atom is -0.310 e. The fraction of sp³-hybridized carbons (Fsp3) is 0.0156. The van der Waals surface area contributed by atoms with E-state index in [2.05, 4.69) is 248 Å². The van der Waals surface area contributed by atoms with Gasteiger partial charge in [0.05, 0.1) is 16.8 Å². The smallest absolute Gasteiger partial charge is 0.164 e. The van der Waals surface area contributed by atoms with E-state index in [-0.39, 0.29) is 0 Å². The van der Waals surface area contributed by atoms with Gasteiger partial charge in [0, 0.05) is 22.4 Å². The van der Waals surface area contributed by atoms with E-state index >= 15 is 0 Å². The molecule has 1 aromatic heterocycles. The van der Waals surface area contributed by atoms with Crippen molar-refractivity contribution in [2.45, 2.75) is 5.41 Å². The topological polar surface area (TPSA) is 41.9 Å². The second kappa shape index (κ2) is 16.2. The van der Waals surface area contributed by atoms with E-state index in [1.54, 1.807) is 0 Å². The van der Waals surface area contributed by atoms with E-state index in [0.717, 1.165) is 61.4 Å². The highest BCUT2D eigenvalue weighted by molar-refractivity contribution is 5.96. The molecule has 0 radical (unpaired) electrons. The summed E-state index contributed by atoms with van der Waals surface area (Å²) in [5.41, 5.74) is 20.1. The Morgan fingerprint density at radius 3 is 1.21 bits per heavy atom. The van der Waals surface area contributed by atoms with Crippen LogP contribution in [0.4, 0.5) is 17.1 Å². The SMILES string of the molecule is c1ccc(-c2ccc(-c3nc(-c4ccc(-c5ccccc5)cc4)nc(-c4cccc(-c5ccc6c(c5)C5(c7ccccc7-c7ccccc75)c5ccccc5N6c5ccccc5)c4)n3)cc2)cc1. The van der Waals surface area contributed by atoms with Crippen molar-refractivity contribution in [2.75, 3.05) is 4.90 Å². The van der Waals surface area contributed by atoms with Crippen LogP contribution in [-0.4, -0.2) is 15.0 Å². The van der Waals surface area contributed by atoms with E-state index in [1.165, 1.54) is 39.1 Å². The van der Waals surface area contributed by atoms with Gasteiger partial charge < -0.3 is 4.90 Å². The summed E-state index contributed by atoms with van der Waals surface area (Å²) in [4.78, 5) is 18.0. The number of para-hydroxylation sites is 2. The molecular weight excluding hydrogens is 825 g/mol. The molecule has 11 aromatic rings. The Morgan fingerprint density at radius 2 is 0.632 bits per heavy atom. The zero-order valence-electron chi connectivity index (χ0n) is 37.0. The summed E-state index contributed by atoms with van der Waals surface area (Å²) in [6.45, 7) is 0. The van der Waals surface area contributed by atoms with Crippen molar-refractivity contribution in [3.8, 4) is 78.7 Å². The fourth-order valence-electron chi connectivity index (χ4n) is 10.6. The predicted octanol–water partition coefficient (Wildman–Crippen LogP) is 16.0. The summed E-state index contributed by atoms with van der Waals surface area (Å²) in [5.74, 6) is 1.86. The molecule has 0 N–H and O–H groups in total. The van der Waals surface area contributed by atoms with Gasteiger partial charge in [-0.05, 0) is 103 Å². The molecule has 0 unspecified atom stereocenters. The molecule has 4 heteroatoms. The molecule has 1 spiro atoms. The molecule has 1 aliphatic carbocycles. The lowest BCUT2D eigenvalue weighted by Crippen LogP contribution is -2.36. The molecule has 68 heavy (non-hydrogen) atoms. The molecule has 2 aliphatic rings. The van der Waals surface area contributed by atoms with Crippen LogP contribution in [0.3, 0.4) is 0 Å². The summed E-state index contributed by atoms with van der Waals surface area (Å²) in [6, 6.07) is 91.3. The third kappa shape index (κ3) is 6.41. The lowest BCUT2D eigenvalue weighted by molar-refractivity contribution is 0.753.